The second kappa shape index (κ2) is 9.78. The van der Waals surface area contributed by atoms with Crippen LogP contribution in [0.5, 0.6) is 11.5 Å². The zero-order chi connectivity index (χ0) is 23.4. The van der Waals surface area contributed by atoms with Crippen LogP contribution >= 0.6 is 0 Å². The Kier molecular flexibility index (Phi) is 6.83. The lowest BCUT2D eigenvalue weighted by molar-refractivity contribution is -0.141. The second-order valence-electron chi connectivity index (χ2n) is 7.81. The number of benzene rings is 1. The molecule has 0 spiro atoms. The van der Waals surface area contributed by atoms with Crippen LogP contribution in [0.4, 0.5) is 19.0 Å². The van der Waals surface area contributed by atoms with Crippen molar-refractivity contribution in [1.29, 1.82) is 0 Å². The molecule has 0 radical (unpaired) electrons. The van der Waals surface area contributed by atoms with Gasteiger partial charge in [-0.2, -0.15) is 13.2 Å². The minimum absolute atomic E-state index is 0.137. The standard InChI is InChI=1S/C23H25F3N4O3/c1-14-29-18-12-19(31-2)20(33-9-3-8-32-16-4-5-16)11-17(18)22(30-14)28-13-15-6-7-27-21(10-15)23(24,25)26/h6-7,10-12,16H,3-5,8-9,13H2,1-2H3,(H,28,29,30). The molecular weight excluding hydrogens is 437 g/mol. The highest BCUT2D eigenvalue weighted by atomic mass is 19.4. The molecule has 0 amide bonds. The molecule has 2 heterocycles. The number of halogens is 3. The van der Waals surface area contributed by atoms with Crippen LogP contribution in [0.25, 0.3) is 10.9 Å². The van der Waals surface area contributed by atoms with Crippen LogP contribution in [0, 0.1) is 6.92 Å². The van der Waals surface area contributed by atoms with Crippen LogP contribution in [0.15, 0.2) is 30.5 Å². The molecule has 1 N–H and O–H groups in total. The van der Waals surface area contributed by atoms with Gasteiger partial charge >= 0.3 is 6.18 Å². The third-order valence-electron chi connectivity index (χ3n) is 5.09. The number of nitrogens with one attached hydrogen (secondary N) is 1. The Morgan fingerprint density at radius 1 is 1.09 bits per heavy atom. The van der Waals surface area contributed by atoms with Crippen molar-refractivity contribution in [2.45, 2.75) is 45.0 Å². The molecule has 10 heteroatoms. The molecule has 1 saturated carbocycles. The zero-order valence-corrected chi connectivity index (χ0v) is 18.4. The SMILES string of the molecule is COc1cc2nc(C)nc(NCc3ccnc(C(F)(F)F)c3)c2cc1OCCCOC1CC1. The summed E-state index contributed by atoms with van der Waals surface area (Å²) in [6.07, 6.45) is 0.0588. The zero-order valence-electron chi connectivity index (χ0n) is 18.4. The fraction of sp³-hybridized carbons (Fsp3) is 0.435. The van der Waals surface area contributed by atoms with Gasteiger partial charge in [0, 0.05) is 30.6 Å². The Balaban J connectivity index is 1.52. The summed E-state index contributed by atoms with van der Waals surface area (Å²) in [6.45, 7) is 2.98. The summed E-state index contributed by atoms with van der Waals surface area (Å²) in [6, 6.07) is 6.09. The average molecular weight is 462 g/mol. The van der Waals surface area contributed by atoms with E-state index in [0.717, 1.165) is 31.5 Å². The van der Waals surface area contributed by atoms with Gasteiger partial charge in [0.2, 0.25) is 0 Å². The summed E-state index contributed by atoms with van der Waals surface area (Å²) in [5, 5.41) is 3.80. The maximum Gasteiger partial charge on any atom is 0.433 e. The smallest absolute Gasteiger partial charge is 0.433 e. The van der Waals surface area contributed by atoms with E-state index in [1.807, 2.05) is 0 Å². The van der Waals surface area contributed by atoms with Gasteiger partial charge in [0.25, 0.3) is 0 Å². The Morgan fingerprint density at radius 2 is 1.91 bits per heavy atom. The lowest BCUT2D eigenvalue weighted by Gasteiger charge is -2.15. The van der Waals surface area contributed by atoms with Crippen LogP contribution < -0.4 is 14.8 Å². The first-order valence-corrected chi connectivity index (χ1v) is 10.7. The number of hydrogen-bond donors (Lipinski definition) is 1. The number of ether oxygens (including phenoxy) is 3. The van der Waals surface area contributed by atoms with Gasteiger partial charge in [0.15, 0.2) is 11.5 Å². The number of anilines is 1. The Morgan fingerprint density at radius 3 is 2.64 bits per heavy atom. The van der Waals surface area contributed by atoms with Gasteiger partial charge in [-0.1, -0.05) is 0 Å². The van der Waals surface area contributed by atoms with Crippen molar-refractivity contribution < 1.29 is 27.4 Å². The molecule has 0 aliphatic heterocycles. The minimum atomic E-state index is -4.50. The molecule has 0 atom stereocenters. The van der Waals surface area contributed by atoms with Crippen LogP contribution in [-0.4, -0.2) is 41.4 Å². The predicted octanol–water partition coefficient (Wildman–Crippen LogP) is 4.92. The van der Waals surface area contributed by atoms with Crippen LogP contribution in [0.1, 0.15) is 36.3 Å². The number of aryl methyl sites for hydroxylation is 1. The molecule has 2 aromatic heterocycles. The van der Waals surface area contributed by atoms with E-state index >= 15 is 0 Å². The molecular formula is C23H25F3N4O3. The van der Waals surface area contributed by atoms with Crippen LogP contribution in [-0.2, 0) is 17.5 Å². The second-order valence-corrected chi connectivity index (χ2v) is 7.81. The quantitative estimate of drug-likeness (QED) is 0.429. The van der Waals surface area contributed by atoms with Crippen molar-refractivity contribution >= 4 is 16.7 Å². The fourth-order valence-electron chi connectivity index (χ4n) is 3.31. The lowest BCUT2D eigenvalue weighted by Crippen LogP contribution is -2.10. The lowest BCUT2D eigenvalue weighted by atomic mass is 10.2. The molecule has 0 unspecified atom stereocenters. The summed E-state index contributed by atoms with van der Waals surface area (Å²) >= 11 is 0. The maximum absolute atomic E-state index is 13.0. The number of aromatic nitrogens is 3. The number of nitrogens with zero attached hydrogens (tertiary/aromatic N) is 3. The Labute approximate surface area is 189 Å². The van der Waals surface area contributed by atoms with Crippen LogP contribution in [0.2, 0.25) is 0 Å². The van der Waals surface area contributed by atoms with Crippen LogP contribution in [0.3, 0.4) is 0 Å². The number of pyridine rings is 1. The molecule has 1 aliphatic rings. The first-order chi connectivity index (χ1) is 15.8. The maximum atomic E-state index is 13.0. The van der Waals surface area contributed by atoms with Gasteiger partial charge in [0.1, 0.15) is 17.3 Å². The van der Waals surface area contributed by atoms with E-state index in [1.54, 1.807) is 26.2 Å². The number of fused-ring (bicyclic) bond motifs is 1. The summed E-state index contributed by atoms with van der Waals surface area (Å²) in [5.74, 6) is 2.09. The molecule has 1 aliphatic carbocycles. The molecule has 3 aromatic rings. The monoisotopic (exact) mass is 462 g/mol. The van der Waals surface area contributed by atoms with E-state index in [-0.39, 0.29) is 6.54 Å². The number of hydrogen-bond acceptors (Lipinski definition) is 7. The molecule has 0 bridgehead atoms. The molecule has 176 valence electrons. The van der Waals surface area contributed by atoms with Gasteiger partial charge in [0.05, 0.1) is 31.9 Å². The predicted molar refractivity (Wildman–Crippen MR) is 116 cm³/mol. The minimum Gasteiger partial charge on any atom is -0.493 e. The molecule has 1 aromatic carbocycles. The number of rotatable bonds is 10. The summed E-state index contributed by atoms with van der Waals surface area (Å²) < 4.78 is 55.9. The third-order valence-corrected chi connectivity index (χ3v) is 5.09. The largest absolute Gasteiger partial charge is 0.493 e. The van der Waals surface area contributed by atoms with E-state index in [9.17, 15) is 13.2 Å². The highest BCUT2D eigenvalue weighted by Gasteiger charge is 2.32. The van der Waals surface area contributed by atoms with Gasteiger partial charge in [-0.15, -0.1) is 0 Å². The number of alkyl halides is 3. The summed E-state index contributed by atoms with van der Waals surface area (Å²) in [7, 11) is 1.55. The average Bonchev–Trinajstić information content (AvgIpc) is 3.61. The van der Waals surface area contributed by atoms with Crippen molar-refractivity contribution in [3.05, 3.63) is 47.5 Å². The Hall–Kier alpha value is -3.14. The van der Waals surface area contributed by atoms with Crippen molar-refractivity contribution in [2.75, 3.05) is 25.6 Å². The van der Waals surface area contributed by atoms with Gasteiger partial charge < -0.3 is 19.5 Å². The fourth-order valence-corrected chi connectivity index (χ4v) is 3.31. The molecule has 4 rings (SSSR count). The van der Waals surface area contributed by atoms with E-state index in [1.165, 1.54) is 6.07 Å². The van der Waals surface area contributed by atoms with E-state index in [2.05, 4.69) is 20.3 Å². The first-order valence-electron chi connectivity index (χ1n) is 10.7. The van der Waals surface area contributed by atoms with Crippen molar-refractivity contribution in [3.8, 4) is 11.5 Å². The summed E-state index contributed by atoms with van der Waals surface area (Å²) in [5.41, 5.74) is 0.135. The number of methoxy groups -OCH3 is 1. The van der Waals surface area contributed by atoms with Crippen molar-refractivity contribution in [3.63, 3.8) is 0 Å². The van der Waals surface area contributed by atoms with E-state index in [0.29, 0.717) is 58.9 Å². The molecule has 0 saturated heterocycles. The first kappa shape index (κ1) is 23.0. The molecule has 7 nitrogen and oxygen atoms in total. The topological polar surface area (TPSA) is 78.4 Å². The van der Waals surface area contributed by atoms with Gasteiger partial charge in [-0.3, -0.25) is 4.98 Å². The highest BCUT2D eigenvalue weighted by Crippen LogP contribution is 2.35. The summed E-state index contributed by atoms with van der Waals surface area (Å²) in [4.78, 5) is 12.3. The molecule has 1 fully saturated rings. The van der Waals surface area contributed by atoms with Gasteiger partial charge in [-0.25, -0.2) is 9.97 Å². The van der Waals surface area contributed by atoms with Crippen molar-refractivity contribution in [2.24, 2.45) is 0 Å². The normalized spacial score (nSPS) is 13.8. The third kappa shape index (κ3) is 6.01. The molecule has 33 heavy (non-hydrogen) atoms. The van der Waals surface area contributed by atoms with Crippen molar-refractivity contribution in [1.82, 2.24) is 15.0 Å². The Bertz CT molecular complexity index is 1120. The van der Waals surface area contributed by atoms with E-state index in [4.69, 9.17) is 14.2 Å². The highest BCUT2D eigenvalue weighted by molar-refractivity contribution is 5.91. The van der Waals surface area contributed by atoms with E-state index < -0.39 is 11.9 Å². The van der Waals surface area contributed by atoms with Gasteiger partial charge in [-0.05, 0) is 43.5 Å².